The number of rotatable bonds is 11. The summed E-state index contributed by atoms with van der Waals surface area (Å²) in [5, 5.41) is 3.09. The van der Waals surface area contributed by atoms with Crippen LogP contribution in [0.1, 0.15) is 85.0 Å². The van der Waals surface area contributed by atoms with Gasteiger partial charge in [-0.1, -0.05) is 65.2 Å². The molecule has 0 saturated carbocycles. The summed E-state index contributed by atoms with van der Waals surface area (Å²) in [5.74, 6) is 0.125. The molecule has 1 N–H and O–H groups in total. The summed E-state index contributed by atoms with van der Waals surface area (Å²) in [6.07, 6.45) is 12.7. The van der Waals surface area contributed by atoms with Crippen molar-refractivity contribution >= 4 is 5.91 Å². The Kier molecular flexibility index (Phi) is 11.6. The van der Waals surface area contributed by atoms with E-state index in [0.29, 0.717) is 6.04 Å². The van der Waals surface area contributed by atoms with E-state index in [-0.39, 0.29) is 5.91 Å². The van der Waals surface area contributed by atoms with Crippen molar-refractivity contribution in [1.29, 1.82) is 0 Å². The zero-order valence-electron chi connectivity index (χ0n) is 12.1. The zero-order valence-corrected chi connectivity index (χ0v) is 12.1. The predicted molar refractivity (Wildman–Crippen MR) is 75.1 cm³/mol. The number of unbranched alkanes of at least 4 members (excludes halogenated alkanes) is 6. The maximum atomic E-state index is 11.1. The summed E-state index contributed by atoms with van der Waals surface area (Å²) in [6, 6.07) is 0.417. The number of carbonyl (C=O) groups excluding carboxylic acids is 1. The van der Waals surface area contributed by atoms with Crippen molar-refractivity contribution in [3.05, 3.63) is 0 Å². The third-order valence-electron chi connectivity index (χ3n) is 3.22. The van der Waals surface area contributed by atoms with Gasteiger partial charge in [-0.2, -0.15) is 0 Å². The Hall–Kier alpha value is -0.530. The van der Waals surface area contributed by atoms with Crippen LogP contribution < -0.4 is 5.32 Å². The van der Waals surface area contributed by atoms with Crippen molar-refractivity contribution < 1.29 is 4.79 Å². The molecule has 0 fully saturated rings. The molecule has 2 nitrogen and oxygen atoms in total. The van der Waals surface area contributed by atoms with Gasteiger partial charge in [0.05, 0.1) is 0 Å². The van der Waals surface area contributed by atoms with Crippen molar-refractivity contribution in [3.63, 3.8) is 0 Å². The minimum absolute atomic E-state index is 0.125. The first-order valence-corrected chi connectivity index (χ1v) is 7.47. The molecule has 0 radical (unpaired) electrons. The summed E-state index contributed by atoms with van der Waals surface area (Å²) in [6.45, 7) is 6.09. The first-order chi connectivity index (χ1) is 8.20. The lowest BCUT2D eigenvalue weighted by Gasteiger charge is -2.17. The van der Waals surface area contributed by atoms with Crippen LogP contribution in [0, 0.1) is 0 Å². The molecule has 102 valence electrons. The number of nitrogens with one attached hydrogen (secondary N) is 1. The normalized spacial score (nSPS) is 12.4. The second-order valence-corrected chi connectivity index (χ2v) is 5.10. The van der Waals surface area contributed by atoms with Crippen molar-refractivity contribution in [2.75, 3.05) is 0 Å². The number of carbonyl (C=O) groups is 1. The zero-order chi connectivity index (χ0) is 12.9. The quantitative estimate of drug-likeness (QED) is 0.533. The molecule has 0 aromatic heterocycles. The van der Waals surface area contributed by atoms with E-state index in [2.05, 4.69) is 19.2 Å². The average Bonchev–Trinajstić information content (AvgIpc) is 2.28. The molecular formula is C15H31NO. The first-order valence-electron chi connectivity index (χ1n) is 7.47. The summed E-state index contributed by atoms with van der Waals surface area (Å²) in [4.78, 5) is 11.1. The summed E-state index contributed by atoms with van der Waals surface area (Å²) >= 11 is 0. The fourth-order valence-corrected chi connectivity index (χ4v) is 2.21. The van der Waals surface area contributed by atoms with Crippen LogP contribution >= 0.6 is 0 Å². The highest BCUT2D eigenvalue weighted by atomic mass is 16.1. The Morgan fingerprint density at radius 2 is 1.35 bits per heavy atom. The van der Waals surface area contributed by atoms with Crippen molar-refractivity contribution in [2.24, 2.45) is 0 Å². The van der Waals surface area contributed by atoms with E-state index in [1.807, 2.05) is 0 Å². The van der Waals surface area contributed by atoms with E-state index in [1.165, 1.54) is 51.4 Å². The second-order valence-electron chi connectivity index (χ2n) is 5.10. The SMILES string of the molecule is CCCCCCCC(CCCCC)NC(C)=O. The molecule has 0 saturated heterocycles. The van der Waals surface area contributed by atoms with Crippen molar-refractivity contribution in [1.82, 2.24) is 5.32 Å². The largest absolute Gasteiger partial charge is 0.354 e. The Morgan fingerprint density at radius 1 is 0.882 bits per heavy atom. The fraction of sp³-hybridized carbons (Fsp3) is 0.933. The molecule has 17 heavy (non-hydrogen) atoms. The number of hydrogen-bond acceptors (Lipinski definition) is 1. The molecule has 0 spiro atoms. The highest BCUT2D eigenvalue weighted by molar-refractivity contribution is 5.73. The lowest BCUT2D eigenvalue weighted by atomic mass is 10.0. The number of hydrogen-bond donors (Lipinski definition) is 1. The predicted octanol–water partition coefficient (Wildman–Crippen LogP) is 4.43. The standard InChI is InChI=1S/C15H31NO/c1-4-6-8-9-11-13-15(16-14(3)17)12-10-7-5-2/h15H,4-13H2,1-3H3,(H,16,17). The first kappa shape index (κ1) is 16.5. The molecule has 0 aliphatic rings. The maximum Gasteiger partial charge on any atom is 0.217 e. The molecule has 1 amide bonds. The van der Waals surface area contributed by atoms with E-state index in [1.54, 1.807) is 6.92 Å². The van der Waals surface area contributed by atoms with Crippen LogP contribution in [0.25, 0.3) is 0 Å². The molecule has 0 heterocycles. The third-order valence-corrected chi connectivity index (χ3v) is 3.22. The van der Waals surface area contributed by atoms with Gasteiger partial charge in [0, 0.05) is 13.0 Å². The summed E-state index contributed by atoms with van der Waals surface area (Å²) in [7, 11) is 0. The van der Waals surface area contributed by atoms with Crippen LogP contribution in [0.4, 0.5) is 0 Å². The average molecular weight is 241 g/mol. The Morgan fingerprint density at radius 3 is 1.88 bits per heavy atom. The Balaban J connectivity index is 3.65. The third kappa shape index (κ3) is 11.7. The van der Waals surface area contributed by atoms with Gasteiger partial charge in [0.15, 0.2) is 0 Å². The lowest BCUT2D eigenvalue weighted by Crippen LogP contribution is -2.32. The maximum absolute atomic E-state index is 11.1. The minimum Gasteiger partial charge on any atom is -0.354 e. The summed E-state index contributed by atoms with van der Waals surface area (Å²) < 4.78 is 0. The molecule has 0 aromatic rings. The molecule has 1 atom stereocenters. The van der Waals surface area contributed by atoms with E-state index >= 15 is 0 Å². The highest BCUT2D eigenvalue weighted by Gasteiger charge is 2.08. The van der Waals surface area contributed by atoms with Crippen LogP contribution in [0.5, 0.6) is 0 Å². The summed E-state index contributed by atoms with van der Waals surface area (Å²) in [5.41, 5.74) is 0. The molecule has 1 unspecified atom stereocenters. The number of amides is 1. The molecule has 2 heteroatoms. The monoisotopic (exact) mass is 241 g/mol. The minimum atomic E-state index is 0.125. The van der Waals surface area contributed by atoms with Gasteiger partial charge < -0.3 is 5.32 Å². The van der Waals surface area contributed by atoms with Gasteiger partial charge in [0.25, 0.3) is 0 Å². The van der Waals surface area contributed by atoms with Gasteiger partial charge in [-0.05, 0) is 12.8 Å². The van der Waals surface area contributed by atoms with Gasteiger partial charge in [-0.25, -0.2) is 0 Å². The smallest absolute Gasteiger partial charge is 0.217 e. The molecule has 0 aliphatic heterocycles. The van der Waals surface area contributed by atoms with Gasteiger partial charge in [-0.15, -0.1) is 0 Å². The van der Waals surface area contributed by atoms with E-state index in [4.69, 9.17) is 0 Å². The van der Waals surface area contributed by atoms with Crippen molar-refractivity contribution in [2.45, 2.75) is 91.0 Å². The molecule has 0 aromatic carbocycles. The Bertz CT molecular complexity index is 180. The lowest BCUT2D eigenvalue weighted by molar-refractivity contribution is -0.119. The van der Waals surface area contributed by atoms with Gasteiger partial charge in [-0.3, -0.25) is 4.79 Å². The van der Waals surface area contributed by atoms with Crippen LogP contribution in [0.3, 0.4) is 0 Å². The van der Waals surface area contributed by atoms with Crippen molar-refractivity contribution in [3.8, 4) is 0 Å². The molecule has 0 aliphatic carbocycles. The van der Waals surface area contributed by atoms with E-state index in [0.717, 1.165) is 12.8 Å². The van der Waals surface area contributed by atoms with Crippen LogP contribution in [0.15, 0.2) is 0 Å². The van der Waals surface area contributed by atoms with E-state index in [9.17, 15) is 4.79 Å². The molecular weight excluding hydrogens is 210 g/mol. The van der Waals surface area contributed by atoms with E-state index < -0.39 is 0 Å². The van der Waals surface area contributed by atoms with Crippen LogP contribution in [-0.4, -0.2) is 11.9 Å². The topological polar surface area (TPSA) is 29.1 Å². The van der Waals surface area contributed by atoms with Gasteiger partial charge >= 0.3 is 0 Å². The second kappa shape index (κ2) is 11.9. The molecule has 0 rings (SSSR count). The fourth-order valence-electron chi connectivity index (χ4n) is 2.21. The van der Waals surface area contributed by atoms with Gasteiger partial charge in [0.2, 0.25) is 5.91 Å². The molecule has 0 bridgehead atoms. The van der Waals surface area contributed by atoms with Gasteiger partial charge in [0.1, 0.15) is 0 Å². The highest BCUT2D eigenvalue weighted by Crippen LogP contribution is 2.12. The Labute approximate surface area is 108 Å². The van der Waals surface area contributed by atoms with Crippen LogP contribution in [-0.2, 0) is 4.79 Å². The van der Waals surface area contributed by atoms with Crippen LogP contribution in [0.2, 0.25) is 0 Å².